The van der Waals surface area contributed by atoms with Crippen LogP contribution in [0.5, 0.6) is 0 Å². The van der Waals surface area contributed by atoms with E-state index < -0.39 is 57.6 Å². The quantitative estimate of drug-likeness (QED) is 0.0200. The molecular weight excluding hydrogens is 781 g/mol. The molecule has 0 aliphatic rings. The van der Waals surface area contributed by atoms with Gasteiger partial charge in [0.2, 0.25) is 5.91 Å². The fourth-order valence-corrected chi connectivity index (χ4v) is 7.52. The standard InChI is InChI=1S/C48H88NO10P/c1-3-5-7-9-11-13-15-17-19-21-22-24-25-27-29-31-33-35-37-39-46(51)49-45(48(53)54)43-59-60(55,56)58-42-44(50)41-57-47(52)40-38-36-34-32-30-28-26-23-20-18-16-14-12-10-8-6-4-2/h6,8,12,14,18,20,44-45,50H,3-5,7,9-11,13,15-17,19,21-43H2,1-2H3,(H,49,51)(H,53,54)(H,55,56)/b8-6-,14-12-,20-18-. The number of hydrogen-bond donors (Lipinski definition) is 4. The van der Waals surface area contributed by atoms with Crippen molar-refractivity contribution in [2.24, 2.45) is 0 Å². The van der Waals surface area contributed by atoms with Crippen molar-refractivity contribution < 1.29 is 47.8 Å². The van der Waals surface area contributed by atoms with Crippen molar-refractivity contribution in [2.75, 3.05) is 19.8 Å². The second kappa shape index (κ2) is 43.4. The monoisotopic (exact) mass is 870 g/mol. The molecule has 0 radical (unpaired) electrons. The van der Waals surface area contributed by atoms with Crippen molar-refractivity contribution in [3.8, 4) is 0 Å². The highest BCUT2D eigenvalue weighted by Crippen LogP contribution is 2.43. The van der Waals surface area contributed by atoms with Crippen molar-refractivity contribution in [3.05, 3.63) is 36.5 Å². The summed E-state index contributed by atoms with van der Waals surface area (Å²) in [6.07, 6.45) is 47.3. The molecule has 0 bridgehead atoms. The largest absolute Gasteiger partial charge is 0.480 e. The number of aliphatic carboxylic acids is 1. The second-order valence-corrected chi connectivity index (χ2v) is 17.7. The Hall–Kier alpha value is -2.30. The molecule has 0 aromatic heterocycles. The van der Waals surface area contributed by atoms with E-state index in [-0.39, 0.29) is 12.8 Å². The molecule has 0 rings (SSSR count). The Balaban J connectivity index is 3.85. The topological polar surface area (TPSA) is 169 Å². The van der Waals surface area contributed by atoms with E-state index in [1.165, 1.54) is 109 Å². The number of phosphoric acid groups is 1. The van der Waals surface area contributed by atoms with Crippen LogP contribution >= 0.6 is 7.82 Å². The van der Waals surface area contributed by atoms with Crippen molar-refractivity contribution in [1.29, 1.82) is 0 Å². The van der Waals surface area contributed by atoms with Crippen molar-refractivity contribution in [3.63, 3.8) is 0 Å². The Morgan fingerprint density at radius 2 is 0.967 bits per heavy atom. The maximum atomic E-state index is 12.3. The number of hydrogen-bond acceptors (Lipinski definition) is 8. The van der Waals surface area contributed by atoms with E-state index in [2.05, 4.69) is 55.6 Å². The molecule has 0 fully saturated rings. The summed E-state index contributed by atoms with van der Waals surface area (Å²) in [5.74, 6) is -2.37. The van der Waals surface area contributed by atoms with E-state index in [0.717, 1.165) is 70.6 Å². The molecule has 0 heterocycles. The normalized spacial score (nSPS) is 13.9. The molecular formula is C48H88NO10P. The first kappa shape index (κ1) is 57.7. The van der Waals surface area contributed by atoms with Crippen LogP contribution in [0.25, 0.3) is 0 Å². The summed E-state index contributed by atoms with van der Waals surface area (Å²) in [7, 11) is -4.76. The molecule has 3 atom stereocenters. The van der Waals surface area contributed by atoms with E-state index in [1.807, 2.05) is 0 Å². The average molecular weight is 870 g/mol. The van der Waals surface area contributed by atoms with Gasteiger partial charge < -0.3 is 25.2 Å². The molecule has 350 valence electrons. The number of nitrogens with one attached hydrogen (secondary N) is 1. The van der Waals surface area contributed by atoms with E-state index in [0.29, 0.717) is 12.8 Å². The number of allylic oxidation sites excluding steroid dienone is 6. The fourth-order valence-electron chi connectivity index (χ4n) is 6.74. The molecule has 60 heavy (non-hydrogen) atoms. The summed E-state index contributed by atoms with van der Waals surface area (Å²) in [5.41, 5.74) is 0. The van der Waals surface area contributed by atoms with Crippen molar-refractivity contribution in [1.82, 2.24) is 5.32 Å². The summed E-state index contributed by atoms with van der Waals surface area (Å²) < 4.78 is 26.9. The highest BCUT2D eigenvalue weighted by atomic mass is 31.2. The average Bonchev–Trinajstić information content (AvgIpc) is 3.22. The lowest BCUT2D eigenvalue weighted by Gasteiger charge is -2.18. The number of phosphoric ester groups is 1. The highest BCUT2D eigenvalue weighted by molar-refractivity contribution is 7.47. The molecule has 1 amide bonds. The number of aliphatic hydroxyl groups is 1. The van der Waals surface area contributed by atoms with Crippen LogP contribution in [0.15, 0.2) is 36.5 Å². The Bertz CT molecular complexity index is 1160. The minimum atomic E-state index is -4.76. The smallest absolute Gasteiger partial charge is 0.472 e. The van der Waals surface area contributed by atoms with Gasteiger partial charge in [0.05, 0.1) is 13.2 Å². The summed E-state index contributed by atoms with van der Waals surface area (Å²) >= 11 is 0. The number of unbranched alkanes of at least 4 members (excludes halogenated alkanes) is 25. The number of esters is 1. The summed E-state index contributed by atoms with van der Waals surface area (Å²) in [6.45, 7) is 2.50. The molecule has 4 N–H and O–H groups in total. The van der Waals surface area contributed by atoms with Crippen molar-refractivity contribution in [2.45, 2.75) is 231 Å². The van der Waals surface area contributed by atoms with Gasteiger partial charge in [-0.1, -0.05) is 198 Å². The molecule has 0 spiro atoms. The first-order valence-electron chi connectivity index (χ1n) is 24.0. The predicted octanol–water partition coefficient (Wildman–Crippen LogP) is 12.8. The minimum Gasteiger partial charge on any atom is -0.480 e. The first-order valence-corrected chi connectivity index (χ1v) is 25.5. The van der Waals surface area contributed by atoms with Gasteiger partial charge in [-0.2, -0.15) is 0 Å². The van der Waals surface area contributed by atoms with Gasteiger partial charge in [-0.3, -0.25) is 18.6 Å². The predicted molar refractivity (Wildman–Crippen MR) is 245 cm³/mol. The number of aliphatic hydroxyl groups excluding tert-OH is 1. The Morgan fingerprint density at radius 3 is 1.45 bits per heavy atom. The Morgan fingerprint density at radius 1 is 0.550 bits per heavy atom. The second-order valence-electron chi connectivity index (χ2n) is 16.3. The van der Waals surface area contributed by atoms with Crippen LogP contribution in [-0.4, -0.2) is 64.9 Å². The lowest BCUT2D eigenvalue weighted by atomic mass is 10.0. The van der Waals surface area contributed by atoms with Crippen LogP contribution in [0.4, 0.5) is 0 Å². The van der Waals surface area contributed by atoms with Gasteiger partial charge in [0.1, 0.15) is 12.7 Å². The van der Waals surface area contributed by atoms with E-state index in [9.17, 15) is 34.1 Å². The van der Waals surface area contributed by atoms with Crippen LogP contribution in [-0.2, 0) is 32.7 Å². The molecule has 11 nitrogen and oxygen atoms in total. The summed E-state index contributed by atoms with van der Waals surface area (Å²) in [5, 5.41) is 21.9. The fraction of sp³-hybridized carbons (Fsp3) is 0.812. The van der Waals surface area contributed by atoms with Gasteiger partial charge in [0.25, 0.3) is 0 Å². The zero-order valence-corrected chi connectivity index (χ0v) is 38.9. The number of carbonyl (C=O) groups excluding carboxylic acids is 2. The zero-order valence-electron chi connectivity index (χ0n) is 38.0. The van der Waals surface area contributed by atoms with E-state index in [1.54, 1.807) is 0 Å². The number of carbonyl (C=O) groups is 3. The molecule has 0 aromatic rings. The highest BCUT2D eigenvalue weighted by Gasteiger charge is 2.28. The van der Waals surface area contributed by atoms with Crippen LogP contribution in [0.2, 0.25) is 0 Å². The van der Waals surface area contributed by atoms with Crippen LogP contribution in [0.3, 0.4) is 0 Å². The first-order chi connectivity index (χ1) is 29.1. The van der Waals surface area contributed by atoms with E-state index >= 15 is 0 Å². The van der Waals surface area contributed by atoms with Gasteiger partial charge in [0, 0.05) is 12.8 Å². The molecule has 0 aliphatic carbocycles. The third kappa shape index (κ3) is 42.4. The molecule has 0 saturated heterocycles. The van der Waals surface area contributed by atoms with Crippen molar-refractivity contribution >= 4 is 25.7 Å². The van der Waals surface area contributed by atoms with Gasteiger partial charge in [-0.05, 0) is 44.9 Å². The summed E-state index contributed by atoms with van der Waals surface area (Å²) in [4.78, 5) is 46.0. The third-order valence-electron chi connectivity index (χ3n) is 10.4. The van der Waals surface area contributed by atoms with Gasteiger partial charge >= 0.3 is 19.8 Å². The minimum absolute atomic E-state index is 0.149. The third-order valence-corrected chi connectivity index (χ3v) is 11.4. The maximum Gasteiger partial charge on any atom is 0.472 e. The number of rotatable bonds is 45. The molecule has 0 saturated carbocycles. The molecule has 12 heteroatoms. The number of carboxylic acid groups (broad SMARTS) is 1. The van der Waals surface area contributed by atoms with Crippen LogP contribution in [0, 0.1) is 0 Å². The lowest BCUT2D eigenvalue weighted by molar-refractivity contribution is -0.147. The Labute approximate surface area is 365 Å². The summed E-state index contributed by atoms with van der Waals surface area (Å²) in [6, 6.07) is -1.55. The molecule has 0 aromatic carbocycles. The molecule has 0 aliphatic heterocycles. The number of carboxylic acids is 1. The SMILES string of the molecule is CC/C=C\C/C=C\C/C=C\CCCCCCCCCC(=O)OCC(O)COP(=O)(O)OCC(NC(=O)CCCCCCCCCCCCCCCCCCCCC)C(=O)O. The zero-order chi connectivity index (χ0) is 44.2. The Kier molecular flexibility index (Phi) is 41.7. The van der Waals surface area contributed by atoms with Crippen LogP contribution in [0.1, 0.15) is 219 Å². The van der Waals surface area contributed by atoms with Gasteiger partial charge in [-0.25, -0.2) is 9.36 Å². The maximum absolute atomic E-state index is 12.3. The van der Waals surface area contributed by atoms with Gasteiger partial charge in [0.15, 0.2) is 6.04 Å². The molecule has 3 unspecified atom stereocenters. The lowest BCUT2D eigenvalue weighted by Crippen LogP contribution is -2.43. The number of ether oxygens (including phenoxy) is 1. The van der Waals surface area contributed by atoms with Crippen LogP contribution < -0.4 is 5.32 Å². The number of amides is 1. The van der Waals surface area contributed by atoms with Gasteiger partial charge in [-0.15, -0.1) is 0 Å². The van der Waals surface area contributed by atoms with E-state index in [4.69, 9.17) is 13.8 Å².